The van der Waals surface area contributed by atoms with Crippen LogP contribution in [0.2, 0.25) is 0 Å². The summed E-state index contributed by atoms with van der Waals surface area (Å²) in [6.07, 6.45) is 0.444. The van der Waals surface area contributed by atoms with E-state index in [2.05, 4.69) is 5.32 Å². The number of carbonyl (C=O) groups excluding carboxylic acids is 1. The van der Waals surface area contributed by atoms with Crippen LogP contribution in [0.25, 0.3) is 0 Å². The molecule has 0 bridgehead atoms. The average Bonchev–Trinajstić information content (AvgIpc) is 2.35. The summed E-state index contributed by atoms with van der Waals surface area (Å²) in [6, 6.07) is 5.79. The fourth-order valence-corrected chi connectivity index (χ4v) is 1.62. The van der Waals surface area contributed by atoms with Gasteiger partial charge in [-0.2, -0.15) is 0 Å². The van der Waals surface area contributed by atoms with E-state index < -0.39 is 0 Å². The second kappa shape index (κ2) is 7.63. The van der Waals surface area contributed by atoms with E-state index in [0.717, 1.165) is 11.3 Å². The highest BCUT2D eigenvalue weighted by Gasteiger charge is 2.07. The molecule has 5 nitrogen and oxygen atoms in total. The monoisotopic (exact) mass is 266 g/mol. The molecular weight excluding hydrogens is 244 g/mol. The molecule has 0 atom stereocenters. The highest BCUT2D eigenvalue weighted by atomic mass is 16.5. The number of hydrogen-bond donors (Lipinski definition) is 2. The largest absolute Gasteiger partial charge is 0.493 e. The van der Waals surface area contributed by atoms with Crippen LogP contribution in [-0.2, 0) is 11.3 Å². The fourth-order valence-electron chi connectivity index (χ4n) is 1.62. The molecular formula is C14H22N2O3. The molecule has 0 aromatic heterocycles. The molecule has 0 aliphatic rings. The molecule has 3 N–H and O–H groups in total. The lowest BCUT2D eigenvalue weighted by Gasteiger charge is -2.14. The third kappa shape index (κ3) is 5.61. The first-order valence-electron chi connectivity index (χ1n) is 6.35. The average molecular weight is 266 g/mol. The van der Waals surface area contributed by atoms with Crippen LogP contribution in [0.1, 0.15) is 25.8 Å². The molecule has 0 saturated carbocycles. The summed E-state index contributed by atoms with van der Waals surface area (Å²) in [5.74, 6) is 1.15. The molecule has 1 aromatic rings. The van der Waals surface area contributed by atoms with Gasteiger partial charge in [-0.05, 0) is 31.5 Å². The van der Waals surface area contributed by atoms with E-state index in [9.17, 15) is 4.79 Å². The molecule has 1 rings (SSSR count). The van der Waals surface area contributed by atoms with Gasteiger partial charge < -0.3 is 20.5 Å². The Kier molecular flexibility index (Phi) is 6.15. The maximum atomic E-state index is 10.6. The topological polar surface area (TPSA) is 73.6 Å². The molecule has 106 valence electrons. The Morgan fingerprint density at radius 3 is 2.68 bits per heavy atom. The Hall–Kier alpha value is -1.75. The van der Waals surface area contributed by atoms with Crippen LogP contribution in [0.15, 0.2) is 18.2 Å². The molecule has 1 amide bonds. The van der Waals surface area contributed by atoms with Crippen molar-refractivity contribution in [2.24, 2.45) is 5.73 Å². The number of hydrogen-bond acceptors (Lipinski definition) is 4. The van der Waals surface area contributed by atoms with Gasteiger partial charge in [-0.1, -0.05) is 6.07 Å². The van der Waals surface area contributed by atoms with Crippen LogP contribution in [0.4, 0.5) is 0 Å². The van der Waals surface area contributed by atoms with E-state index in [1.54, 1.807) is 7.11 Å². The summed E-state index contributed by atoms with van der Waals surface area (Å²) < 4.78 is 10.9. The van der Waals surface area contributed by atoms with E-state index in [-0.39, 0.29) is 12.0 Å². The highest BCUT2D eigenvalue weighted by molar-refractivity contribution is 5.73. The summed E-state index contributed by atoms with van der Waals surface area (Å²) in [6.45, 7) is 5.17. The van der Waals surface area contributed by atoms with Crippen LogP contribution < -0.4 is 20.5 Å². The molecule has 5 heteroatoms. The minimum absolute atomic E-state index is 0.105. The Labute approximate surface area is 114 Å². The van der Waals surface area contributed by atoms with Gasteiger partial charge >= 0.3 is 0 Å². The smallest absolute Gasteiger partial charge is 0.218 e. The van der Waals surface area contributed by atoms with Crippen LogP contribution >= 0.6 is 0 Å². The Morgan fingerprint density at radius 1 is 1.37 bits per heavy atom. The number of carbonyl (C=O) groups is 1. The van der Waals surface area contributed by atoms with Gasteiger partial charge in [0.2, 0.25) is 5.91 Å². The number of primary amides is 1. The first-order chi connectivity index (χ1) is 9.02. The second-order valence-corrected chi connectivity index (χ2v) is 4.54. The maximum Gasteiger partial charge on any atom is 0.218 e. The summed E-state index contributed by atoms with van der Waals surface area (Å²) in [5.41, 5.74) is 6.14. The van der Waals surface area contributed by atoms with Crippen LogP contribution in [0.5, 0.6) is 11.5 Å². The van der Waals surface area contributed by atoms with E-state index in [1.807, 2.05) is 32.0 Å². The minimum atomic E-state index is -0.300. The lowest BCUT2D eigenvalue weighted by Crippen LogP contribution is -2.21. The standard InChI is InChI=1S/C14H22N2O3/c1-10(2)19-12-5-4-11(8-13(12)18-3)9-16-7-6-14(15)17/h4-5,8,10,16H,6-7,9H2,1-3H3,(H2,15,17). The normalized spacial score (nSPS) is 10.5. The third-order valence-electron chi connectivity index (χ3n) is 2.47. The third-order valence-corrected chi connectivity index (χ3v) is 2.47. The van der Waals surface area contributed by atoms with Gasteiger partial charge in [0.25, 0.3) is 0 Å². The van der Waals surface area contributed by atoms with Crippen molar-refractivity contribution in [3.05, 3.63) is 23.8 Å². The van der Waals surface area contributed by atoms with Gasteiger partial charge in [0, 0.05) is 19.5 Å². The summed E-state index contributed by atoms with van der Waals surface area (Å²) in [4.78, 5) is 10.6. The van der Waals surface area contributed by atoms with Gasteiger partial charge in [0.05, 0.1) is 13.2 Å². The number of methoxy groups -OCH3 is 1. The zero-order chi connectivity index (χ0) is 14.3. The maximum absolute atomic E-state index is 10.6. The Balaban J connectivity index is 2.58. The Morgan fingerprint density at radius 2 is 2.11 bits per heavy atom. The summed E-state index contributed by atoms with van der Waals surface area (Å²) in [7, 11) is 1.62. The lowest BCUT2D eigenvalue weighted by atomic mass is 10.2. The molecule has 0 spiro atoms. The van der Waals surface area contributed by atoms with E-state index in [4.69, 9.17) is 15.2 Å². The molecule has 0 aliphatic carbocycles. The summed E-state index contributed by atoms with van der Waals surface area (Å²) >= 11 is 0. The van der Waals surface area contributed by atoms with Gasteiger partial charge in [0.1, 0.15) is 0 Å². The van der Waals surface area contributed by atoms with Gasteiger partial charge in [0.15, 0.2) is 11.5 Å². The molecule has 0 saturated heterocycles. The van der Waals surface area contributed by atoms with Crippen LogP contribution in [0.3, 0.4) is 0 Å². The van der Waals surface area contributed by atoms with Crippen molar-refractivity contribution >= 4 is 5.91 Å². The molecule has 0 heterocycles. The lowest BCUT2D eigenvalue weighted by molar-refractivity contribution is -0.117. The number of ether oxygens (including phenoxy) is 2. The fraction of sp³-hybridized carbons (Fsp3) is 0.500. The SMILES string of the molecule is COc1cc(CNCCC(N)=O)ccc1OC(C)C. The first kappa shape index (κ1) is 15.3. The van der Waals surface area contributed by atoms with Gasteiger partial charge in [-0.15, -0.1) is 0 Å². The number of amides is 1. The van der Waals surface area contributed by atoms with Crippen molar-refractivity contribution < 1.29 is 14.3 Å². The van der Waals surface area contributed by atoms with E-state index in [1.165, 1.54) is 0 Å². The predicted molar refractivity (Wildman–Crippen MR) is 74.3 cm³/mol. The van der Waals surface area contributed by atoms with Crippen molar-refractivity contribution in [2.75, 3.05) is 13.7 Å². The zero-order valence-corrected chi connectivity index (χ0v) is 11.7. The quantitative estimate of drug-likeness (QED) is 0.698. The number of benzene rings is 1. The van der Waals surface area contributed by atoms with Gasteiger partial charge in [-0.3, -0.25) is 4.79 Å². The molecule has 1 aromatic carbocycles. The highest BCUT2D eigenvalue weighted by Crippen LogP contribution is 2.28. The molecule has 0 unspecified atom stereocenters. The van der Waals surface area contributed by atoms with E-state index in [0.29, 0.717) is 25.3 Å². The molecule has 19 heavy (non-hydrogen) atoms. The number of nitrogens with one attached hydrogen (secondary N) is 1. The first-order valence-corrected chi connectivity index (χ1v) is 6.35. The molecule has 0 aliphatic heterocycles. The second-order valence-electron chi connectivity index (χ2n) is 4.54. The minimum Gasteiger partial charge on any atom is -0.493 e. The van der Waals surface area contributed by atoms with Crippen molar-refractivity contribution in [2.45, 2.75) is 32.9 Å². The summed E-state index contributed by atoms with van der Waals surface area (Å²) in [5, 5.41) is 3.15. The van der Waals surface area contributed by atoms with Crippen molar-refractivity contribution in [3.63, 3.8) is 0 Å². The number of nitrogens with two attached hydrogens (primary N) is 1. The Bertz CT molecular complexity index is 419. The molecule has 0 fully saturated rings. The number of rotatable bonds is 8. The van der Waals surface area contributed by atoms with Crippen LogP contribution in [-0.4, -0.2) is 25.7 Å². The van der Waals surface area contributed by atoms with Crippen molar-refractivity contribution in [1.82, 2.24) is 5.32 Å². The van der Waals surface area contributed by atoms with E-state index >= 15 is 0 Å². The van der Waals surface area contributed by atoms with Crippen LogP contribution in [0, 0.1) is 0 Å². The zero-order valence-electron chi connectivity index (χ0n) is 11.7. The van der Waals surface area contributed by atoms with Crippen molar-refractivity contribution in [3.8, 4) is 11.5 Å². The molecule has 0 radical (unpaired) electrons. The van der Waals surface area contributed by atoms with Gasteiger partial charge in [-0.25, -0.2) is 0 Å². The van der Waals surface area contributed by atoms with Crippen molar-refractivity contribution in [1.29, 1.82) is 0 Å². The predicted octanol–water partition coefficient (Wildman–Crippen LogP) is 1.45.